The van der Waals surface area contributed by atoms with E-state index in [0.29, 0.717) is 19.6 Å². The number of ether oxygens (including phenoxy) is 1. The Morgan fingerprint density at radius 3 is 2.13 bits per heavy atom. The normalized spacial score (nSPS) is 15.7. The van der Waals surface area contributed by atoms with Gasteiger partial charge in [0.25, 0.3) is 0 Å². The van der Waals surface area contributed by atoms with Gasteiger partial charge >= 0.3 is 6.09 Å². The van der Waals surface area contributed by atoms with Crippen LogP contribution in [0.5, 0.6) is 0 Å². The molecule has 0 aromatic carbocycles. The van der Waals surface area contributed by atoms with Crippen LogP contribution in [0.3, 0.4) is 0 Å². The molecule has 1 N–H and O–H groups in total. The van der Waals surface area contributed by atoms with E-state index in [4.69, 9.17) is 4.74 Å². The Morgan fingerprint density at radius 1 is 1.09 bits per heavy atom. The van der Waals surface area contributed by atoms with Crippen LogP contribution in [-0.4, -0.2) is 65.7 Å². The van der Waals surface area contributed by atoms with Gasteiger partial charge in [-0.1, -0.05) is 0 Å². The van der Waals surface area contributed by atoms with Crippen LogP contribution in [0.25, 0.3) is 0 Å². The average molecular weight is 327 g/mol. The van der Waals surface area contributed by atoms with E-state index in [-0.39, 0.29) is 17.5 Å². The van der Waals surface area contributed by atoms with E-state index >= 15 is 0 Å². The number of carbonyl (C=O) groups is 2. The van der Waals surface area contributed by atoms with Crippen LogP contribution in [0.2, 0.25) is 0 Å². The Kier molecular flexibility index (Phi) is 6.86. The summed E-state index contributed by atoms with van der Waals surface area (Å²) < 4.78 is 5.47. The highest BCUT2D eigenvalue weighted by Crippen LogP contribution is 2.17. The lowest BCUT2D eigenvalue weighted by atomic mass is 10.1. The number of hydrogen-bond acceptors (Lipinski definition) is 4. The first kappa shape index (κ1) is 19.7. The molecule has 1 fully saturated rings. The maximum atomic E-state index is 12.3. The van der Waals surface area contributed by atoms with E-state index in [1.54, 1.807) is 4.90 Å². The number of nitrogens with zero attached hydrogens (tertiary/aromatic N) is 2. The van der Waals surface area contributed by atoms with E-state index in [0.717, 1.165) is 25.9 Å². The fraction of sp³-hybridized carbons (Fsp3) is 0.882. The highest BCUT2D eigenvalue weighted by Gasteiger charge is 2.30. The van der Waals surface area contributed by atoms with Crippen LogP contribution in [0.1, 0.15) is 54.4 Å². The highest BCUT2D eigenvalue weighted by atomic mass is 16.6. The molecule has 1 saturated heterocycles. The molecule has 0 aromatic heterocycles. The molecule has 1 aliphatic rings. The fourth-order valence-corrected chi connectivity index (χ4v) is 2.48. The van der Waals surface area contributed by atoms with Gasteiger partial charge in [0.1, 0.15) is 5.60 Å². The second kappa shape index (κ2) is 7.99. The van der Waals surface area contributed by atoms with Crippen molar-refractivity contribution in [3.63, 3.8) is 0 Å². The summed E-state index contributed by atoms with van der Waals surface area (Å²) in [5, 5.41) is 3.14. The average Bonchev–Trinajstić information content (AvgIpc) is 2.87. The Hall–Kier alpha value is -1.30. The van der Waals surface area contributed by atoms with Crippen molar-refractivity contribution in [2.75, 3.05) is 32.7 Å². The van der Waals surface area contributed by atoms with Gasteiger partial charge in [-0.25, -0.2) is 4.79 Å². The minimum Gasteiger partial charge on any atom is -0.444 e. The van der Waals surface area contributed by atoms with Gasteiger partial charge in [0.15, 0.2) is 0 Å². The standard InChI is InChI=1S/C17H33N3O3/c1-16(2,3)20(15(22)23-17(4,5)6)12-9-18-13-14(21)19-10-7-8-11-19/h18H,7-13H2,1-6H3. The quantitative estimate of drug-likeness (QED) is 0.787. The van der Waals surface area contributed by atoms with E-state index in [1.807, 2.05) is 46.4 Å². The third-order valence-corrected chi connectivity index (χ3v) is 3.67. The second-order valence-corrected chi connectivity index (χ2v) is 8.07. The van der Waals surface area contributed by atoms with Crippen LogP contribution in [0, 0.1) is 0 Å². The van der Waals surface area contributed by atoms with Gasteiger partial charge in [0, 0.05) is 31.7 Å². The van der Waals surface area contributed by atoms with E-state index in [9.17, 15) is 9.59 Å². The summed E-state index contributed by atoms with van der Waals surface area (Å²) in [6.07, 6.45) is 1.88. The molecule has 1 aliphatic heterocycles. The predicted octanol–water partition coefficient (Wildman–Crippen LogP) is 2.23. The molecular weight excluding hydrogens is 294 g/mol. The molecule has 0 aromatic rings. The molecule has 0 aliphatic carbocycles. The highest BCUT2D eigenvalue weighted by molar-refractivity contribution is 5.78. The lowest BCUT2D eigenvalue weighted by molar-refractivity contribution is -0.129. The number of nitrogens with one attached hydrogen (secondary N) is 1. The monoisotopic (exact) mass is 327 g/mol. The van der Waals surface area contributed by atoms with Crippen molar-refractivity contribution in [3.8, 4) is 0 Å². The van der Waals surface area contributed by atoms with Crippen molar-refractivity contribution in [1.82, 2.24) is 15.1 Å². The van der Waals surface area contributed by atoms with Crippen LogP contribution >= 0.6 is 0 Å². The zero-order valence-corrected chi connectivity index (χ0v) is 15.6. The maximum Gasteiger partial charge on any atom is 0.410 e. The topological polar surface area (TPSA) is 61.9 Å². The summed E-state index contributed by atoms with van der Waals surface area (Å²) in [4.78, 5) is 27.9. The number of hydrogen-bond donors (Lipinski definition) is 1. The first-order chi connectivity index (χ1) is 10.5. The van der Waals surface area contributed by atoms with Crippen molar-refractivity contribution in [1.29, 1.82) is 0 Å². The Balaban J connectivity index is 2.42. The van der Waals surface area contributed by atoms with Crippen LogP contribution in [0.15, 0.2) is 0 Å². The van der Waals surface area contributed by atoms with Gasteiger partial charge in [-0.3, -0.25) is 4.79 Å². The molecule has 0 spiro atoms. The molecule has 23 heavy (non-hydrogen) atoms. The Morgan fingerprint density at radius 2 is 1.65 bits per heavy atom. The summed E-state index contributed by atoms with van der Waals surface area (Å²) in [5.74, 6) is 0.141. The number of amides is 2. The zero-order chi connectivity index (χ0) is 17.7. The molecule has 0 unspecified atom stereocenters. The molecule has 1 heterocycles. The van der Waals surface area contributed by atoms with Crippen LogP contribution in [-0.2, 0) is 9.53 Å². The molecule has 6 heteroatoms. The smallest absolute Gasteiger partial charge is 0.410 e. The Labute approximate surface area is 140 Å². The summed E-state index contributed by atoms with van der Waals surface area (Å²) >= 11 is 0. The zero-order valence-electron chi connectivity index (χ0n) is 15.6. The van der Waals surface area contributed by atoms with E-state index in [1.165, 1.54) is 0 Å². The summed E-state index contributed by atoms with van der Waals surface area (Å²) in [7, 11) is 0. The van der Waals surface area contributed by atoms with Crippen molar-refractivity contribution in [2.24, 2.45) is 0 Å². The molecule has 1 rings (SSSR count). The third-order valence-electron chi connectivity index (χ3n) is 3.67. The van der Waals surface area contributed by atoms with Crippen LogP contribution in [0.4, 0.5) is 4.79 Å². The van der Waals surface area contributed by atoms with Gasteiger partial charge in [-0.2, -0.15) is 0 Å². The van der Waals surface area contributed by atoms with Crippen molar-refractivity contribution >= 4 is 12.0 Å². The SMILES string of the molecule is CC(C)(C)OC(=O)N(CCNCC(=O)N1CCCC1)C(C)(C)C. The van der Waals surface area contributed by atoms with Crippen molar-refractivity contribution < 1.29 is 14.3 Å². The first-order valence-electron chi connectivity index (χ1n) is 8.50. The van der Waals surface area contributed by atoms with Crippen molar-refractivity contribution in [3.05, 3.63) is 0 Å². The summed E-state index contributed by atoms with van der Waals surface area (Å²) in [6, 6.07) is 0. The number of likely N-dealkylation sites (tertiary alicyclic amines) is 1. The number of carbonyl (C=O) groups excluding carboxylic acids is 2. The molecule has 134 valence electrons. The third kappa shape index (κ3) is 7.20. The summed E-state index contributed by atoms with van der Waals surface area (Å²) in [5.41, 5.74) is -0.845. The molecular formula is C17H33N3O3. The van der Waals surface area contributed by atoms with Crippen molar-refractivity contribution in [2.45, 2.75) is 65.5 Å². The van der Waals surface area contributed by atoms with Gasteiger partial charge in [-0.15, -0.1) is 0 Å². The molecule has 0 bridgehead atoms. The first-order valence-corrected chi connectivity index (χ1v) is 8.50. The van der Waals surface area contributed by atoms with Crippen LogP contribution < -0.4 is 5.32 Å². The largest absolute Gasteiger partial charge is 0.444 e. The maximum absolute atomic E-state index is 12.3. The number of rotatable bonds is 5. The molecule has 0 saturated carbocycles. The lowest BCUT2D eigenvalue weighted by Gasteiger charge is -2.37. The Bertz CT molecular complexity index is 404. The van der Waals surface area contributed by atoms with Gasteiger partial charge < -0.3 is 19.9 Å². The lowest BCUT2D eigenvalue weighted by Crippen LogP contribution is -2.50. The minimum absolute atomic E-state index is 0.141. The van der Waals surface area contributed by atoms with E-state index < -0.39 is 5.60 Å². The molecule has 6 nitrogen and oxygen atoms in total. The van der Waals surface area contributed by atoms with Gasteiger partial charge in [0.05, 0.1) is 6.54 Å². The molecule has 0 radical (unpaired) electrons. The van der Waals surface area contributed by atoms with E-state index in [2.05, 4.69) is 5.32 Å². The molecule has 2 amide bonds. The summed E-state index contributed by atoms with van der Waals surface area (Å²) in [6.45, 7) is 14.6. The molecule has 0 atom stereocenters. The predicted molar refractivity (Wildman–Crippen MR) is 91.4 cm³/mol. The van der Waals surface area contributed by atoms with Gasteiger partial charge in [0.2, 0.25) is 5.91 Å². The minimum atomic E-state index is -0.514. The van der Waals surface area contributed by atoms with Gasteiger partial charge in [-0.05, 0) is 54.4 Å². The second-order valence-electron chi connectivity index (χ2n) is 8.07. The fourth-order valence-electron chi connectivity index (χ4n) is 2.48.